The molecule has 1 aromatic rings. The number of rotatable bonds is 6. The average Bonchev–Trinajstić information content (AvgIpc) is 2.31. The Morgan fingerprint density at radius 1 is 1.25 bits per heavy atom. The number of carboxylic acids is 1. The first kappa shape index (κ1) is 16.1. The lowest BCUT2D eigenvalue weighted by atomic mass is 10.1. The average molecular weight is 285 g/mol. The van der Waals surface area contributed by atoms with Gasteiger partial charge in [-0.05, 0) is 18.1 Å². The van der Waals surface area contributed by atoms with Gasteiger partial charge in [0.15, 0.2) is 0 Å². The minimum Gasteiger partial charge on any atom is -0.480 e. The van der Waals surface area contributed by atoms with Gasteiger partial charge in [-0.25, -0.2) is 8.78 Å². The second kappa shape index (κ2) is 6.98. The summed E-state index contributed by atoms with van der Waals surface area (Å²) in [6, 6.07) is 3.34. The summed E-state index contributed by atoms with van der Waals surface area (Å²) in [6.45, 7) is 3.39. The van der Waals surface area contributed by atoms with Crippen molar-refractivity contribution in [3.8, 4) is 0 Å². The van der Waals surface area contributed by atoms with Crippen LogP contribution in [0.25, 0.3) is 0 Å². The molecule has 1 rings (SSSR count). The third-order valence-electron chi connectivity index (χ3n) is 2.65. The van der Waals surface area contributed by atoms with Gasteiger partial charge in [0, 0.05) is 12.1 Å². The summed E-state index contributed by atoms with van der Waals surface area (Å²) in [7, 11) is 0. The van der Waals surface area contributed by atoms with Crippen LogP contribution < -0.4 is 0 Å². The van der Waals surface area contributed by atoms with Gasteiger partial charge in [-0.15, -0.1) is 0 Å². The van der Waals surface area contributed by atoms with E-state index in [1.807, 2.05) is 13.8 Å². The molecule has 1 aromatic carbocycles. The van der Waals surface area contributed by atoms with Gasteiger partial charge in [-0.3, -0.25) is 9.59 Å². The van der Waals surface area contributed by atoms with Crippen LogP contribution in [0.1, 0.15) is 19.4 Å². The molecule has 0 fully saturated rings. The molecule has 0 aliphatic heterocycles. The van der Waals surface area contributed by atoms with Crippen molar-refractivity contribution in [1.82, 2.24) is 4.90 Å². The predicted molar refractivity (Wildman–Crippen MR) is 69.1 cm³/mol. The predicted octanol–water partition coefficient (Wildman–Crippen LogP) is 2.08. The van der Waals surface area contributed by atoms with Gasteiger partial charge in [0.2, 0.25) is 5.91 Å². The number of benzene rings is 1. The molecule has 0 spiro atoms. The van der Waals surface area contributed by atoms with E-state index in [2.05, 4.69) is 0 Å². The quantitative estimate of drug-likeness (QED) is 0.870. The molecular weight excluding hydrogens is 268 g/mol. The fourth-order valence-electron chi connectivity index (χ4n) is 1.82. The van der Waals surface area contributed by atoms with Crippen molar-refractivity contribution in [2.45, 2.75) is 20.3 Å². The first-order valence-electron chi connectivity index (χ1n) is 6.23. The van der Waals surface area contributed by atoms with Crippen LogP contribution in [0.3, 0.4) is 0 Å². The normalized spacial score (nSPS) is 10.7. The minimum atomic E-state index is -1.16. The number of halogens is 2. The maximum Gasteiger partial charge on any atom is 0.323 e. The monoisotopic (exact) mass is 285 g/mol. The molecule has 0 unspecified atom stereocenters. The summed E-state index contributed by atoms with van der Waals surface area (Å²) < 4.78 is 26.9. The zero-order valence-electron chi connectivity index (χ0n) is 11.4. The second-order valence-electron chi connectivity index (χ2n) is 4.94. The molecule has 0 atom stereocenters. The van der Waals surface area contributed by atoms with E-state index in [9.17, 15) is 18.4 Å². The summed E-state index contributed by atoms with van der Waals surface area (Å²) >= 11 is 0. The van der Waals surface area contributed by atoms with Gasteiger partial charge in [-0.1, -0.05) is 19.9 Å². The van der Waals surface area contributed by atoms with E-state index in [1.165, 1.54) is 6.07 Å². The fourth-order valence-corrected chi connectivity index (χ4v) is 1.82. The molecule has 1 N–H and O–H groups in total. The summed E-state index contributed by atoms with van der Waals surface area (Å²) in [5, 5.41) is 8.78. The lowest BCUT2D eigenvalue weighted by Crippen LogP contribution is -2.39. The van der Waals surface area contributed by atoms with Gasteiger partial charge >= 0.3 is 5.97 Å². The number of hydrogen-bond donors (Lipinski definition) is 1. The summed E-state index contributed by atoms with van der Waals surface area (Å²) in [5.41, 5.74) is -0.336. The van der Waals surface area contributed by atoms with Crippen LogP contribution in [-0.4, -0.2) is 35.0 Å². The van der Waals surface area contributed by atoms with Crippen molar-refractivity contribution >= 4 is 11.9 Å². The molecule has 0 bridgehead atoms. The van der Waals surface area contributed by atoms with E-state index in [-0.39, 0.29) is 18.0 Å². The molecule has 0 heterocycles. The van der Waals surface area contributed by atoms with Crippen LogP contribution in [0.2, 0.25) is 0 Å². The molecule has 0 aromatic heterocycles. The van der Waals surface area contributed by atoms with E-state index in [4.69, 9.17) is 5.11 Å². The molecule has 0 radical (unpaired) electrons. The molecule has 0 aliphatic carbocycles. The van der Waals surface area contributed by atoms with Gasteiger partial charge in [0.25, 0.3) is 0 Å². The molecule has 4 nitrogen and oxygen atoms in total. The number of carboxylic acid groups (broad SMARTS) is 1. The van der Waals surface area contributed by atoms with Crippen molar-refractivity contribution < 1.29 is 23.5 Å². The molecule has 0 saturated carbocycles. The Morgan fingerprint density at radius 2 is 1.80 bits per heavy atom. The molecule has 110 valence electrons. The summed E-state index contributed by atoms with van der Waals surface area (Å²) in [6.07, 6.45) is -0.488. The molecule has 20 heavy (non-hydrogen) atoms. The smallest absolute Gasteiger partial charge is 0.323 e. The second-order valence-corrected chi connectivity index (χ2v) is 4.94. The number of carbonyl (C=O) groups excluding carboxylic acids is 1. The lowest BCUT2D eigenvalue weighted by molar-refractivity contribution is -0.144. The first-order chi connectivity index (χ1) is 9.31. The Morgan fingerprint density at radius 3 is 2.25 bits per heavy atom. The van der Waals surface area contributed by atoms with Crippen LogP contribution in [-0.2, 0) is 16.0 Å². The largest absolute Gasteiger partial charge is 0.480 e. The first-order valence-corrected chi connectivity index (χ1v) is 6.23. The van der Waals surface area contributed by atoms with Crippen LogP contribution in [0, 0.1) is 17.6 Å². The van der Waals surface area contributed by atoms with E-state index >= 15 is 0 Å². The topological polar surface area (TPSA) is 57.6 Å². The zero-order valence-corrected chi connectivity index (χ0v) is 11.4. The SMILES string of the molecule is CC(C)CN(CC(=O)O)C(=O)Cc1c(F)cccc1F. The van der Waals surface area contributed by atoms with Crippen LogP contribution in [0.5, 0.6) is 0 Å². The number of aliphatic carboxylic acids is 1. The molecule has 0 aliphatic rings. The highest BCUT2D eigenvalue weighted by Crippen LogP contribution is 2.14. The van der Waals surface area contributed by atoms with Gasteiger partial charge < -0.3 is 10.0 Å². The number of nitrogens with zero attached hydrogens (tertiary/aromatic N) is 1. The van der Waals surface area contributed by atoms with E-state index in [1.54, 1.807) is 0 Å². The maximum atomic E-state index is 13.5. The maximum absolute atomic E-state index is 13.5. The van der Waals surface area contributed by atoms with E-state index in [0.717, 1.165) is 17.0 Å². The van der Waals surface area contributed by atoms with Crippen molar-refractivity contribution in [2.75, 3.05) is 13.1 Å². The summed E-state index contributed by atoms with van der Waals surface area (Å²) in [4.78, 5) is 23.9. The Kier molecular flexibility index (Phi) is 5.61. The molecule has 0 saturated heterocycles. The number of hydrogen-bond acceptors (Lipinski definition) is 2. The van der Waals surface area contributed by atoms with Crippen molar-refractivity contribution in [1.29, 1.82) is 0 Å². The number of carbonyl (C=O) groups is 2. The Balaban J connectivity index is 2.87. The third-order valence-corrected chi connectivity index (χ3v) is 2.65. The van der Waals surface area contributed by atoms with Gasteiger partial charge in [0.1, 0.15) is 18.2 Å². The number of amides is 1. The highest BCUT2D eigenvalue weighted by atomic mass is 19.1. The van der Waals surface area contributed by atoms with Crippen LogP contribution in [0.4, 0.5) is 8.78 Å². The van der Waals surface area contributed by atoms with Gasteiger partial charge in [-0.2, -0.15) is 0 Å². The summed E-state index contributed by atoms with van der Waals surface area (Å²) in [5.74, 6) is -3.32. The standard InChI is InChI=1S/C14H17F2NO3/c1-9(2)7-17(8-14(19)20)13(18)6-10-11(15)4-3-5-12(10)16/h3-5,9H,6-8H2,1-2H3,(H,19,20). The van der Waals surface area contributed by atoms with Crippen LogP contribution >= 0.6 is 0 Å². The fraction of sp³-hybridized carbons (Fsp3) is 0.429. The third kappa shape index (κ3) is 4.60. The van der Waals surface area contributed by atoms with E-state index in [0.29, 0.717) is 0 Å². The lowest BCUT2D eigenvalue weighted by Gasteiger charge is -2.23. The van der Waals surface area contributed by atoms with Crippen molar-refractivity contribution in [3.05, 3.63) is 35.4 Å². The zero-order chi connectivity index (χ0) is 15.3. The Hall–Kier alpha value is -1.98. The highest BCUT2D eigenvalue weighted by Gasteiger charge is 2.21. The minimum absolute atomic E-state index is 0.0590. The van der Waals surface area contributed by atoms with Crippen LogP contribution in [0.15, 0.2) is 18.2 Å². The van der Waals surface area contributed by atoms with Gasteiger partial charge in [0.05, 0.1) is 6.42 Å². The van der Waals surface area contributed by atoms with Crippen molar-refractivity contribution in [2.24, 2.45) is 5.92 Å². The Labute approximate surface area is 116 Å². The Bertz CT molecular complexity index is 483. The molecule has 1 amide bonds. The molecule has 6 heteroatoms. The van der Waals surface area contributed by atoms with Crippen molar-refractivity contribution in [3.63, 3.8) is 0 Å². The van der Waals surface area contributed by atoms with E-state index < -0.39 is 36.5 Å². The highest BCUT2D eigenvalue weighted by molar-refractivity contribution is 5.83. The molecular formula is C14H17F2NO3.